The number of primary amides is 1. The molecule has 0 aliphatic carbocycles. The maximum atomic E-state index is 13.6. The molecule has 1 saturated heterocycles. The van der Waals surface area contributed by atoms with E-state index in [4.69, 9.17) is 5.73 Å². The maximum Gasteiger partial charge on any atom is 0.251 e. The number of aliphatic hydroxyl groups excluding tert-OH is 1. The molecule has 234 valence electrons. The fourth-order valence-corrected chi connectivity index (χ4v) is 6.35. The lowest BCUT2D eigenvalue weighted by Crippen LogP contribution is -2.57. The molecule has 44 heavy (non-hydrogen) atoms. The number of fused-ring (bicyclic) bond motifs is 1. The van der Waals surface area contributed by atoms with Gasteiger partial charge < -0.3 is 26.8 Å². The fraction of sp³-hybridized carbons (Fsp3) is 0.394. The lowest BCUT2D eigenvalue weighted by molar-refractivity contribution is -0.129. The molecule has 4 rings (SSSR count). The molecule has 0 radical (unpaired) electrons. The Morgan fingerprint density at radius 3 is 2.34 bits per heavy atom. The molecule has 6 N–H and O–H groups in total. The molecule has 0 saturated carbocycles. The lowest BCUT2D eigenvalue weighted by Gasteiger charge is -2.32. The third-order valence-corrected chi connectivity index (χ3v) is 8.39. The van der Waals surface area contributed by atoms with Crippen LogP contribution in [0.5, 0.6) is 0 Å². The first-order valence-corrected chi connectivity index (χ1v) is 15.8. The van der Waals surface area contributed by atoms with Crippen molar-refractivity contribution in [1.29, 1.82) is 0 Å². The van der Waals surface area contributed by atoms with Gasteiger partial charge in [0.25, 0.3) is 5.91 Å². The van der Waals surface area contributed by atoms with Gasteiger partial charge in [-0.3, -0.25) is 24.1 Å². The largest absolute Gasteiger partial charge is 0.390 e. The fourth-order valence-electron chi connectivity index (χ4n) is 5.14. The highest BCUT2D eigenvalue weighted by Gasteiger charge is 2.36. The van der Waals surface area contributed by atoms with Crippen LogP contribution in [0.25, 0.3) is 10.8 Å². The second-order valence-corrected chi connectivity index (χ2v) is 13.2. The number of nitrogens with two attached hydrogens (primary N) is 1. The number of β-amino-alcohol motifs (C(OH)–C–C–N with tert-alkyl or cyclic N) is 1. The van der Waals surface area contributed by atoms with Crippen molar-refractivity contribution in [2.24, 2.45) is 5.73 Å². The van der Waals surface area contributed by atoms with Gasteiger partial charge in [-0.05, 0) is 55.7 Å². The van der Waals surface area contributed by atoms with E-state index in [0.717, 1.165) is 16.3 Å². The number of carbonyl (C=O) groups excluding carboxylic acids is 4. The maximum absolute atomic E-state index is 13.6. The van der Waals surface area contributed by atoms with Crippen molar-refractivity contribution in [3.63, 3.8) is 0 Å². The van der Waals surface area contributed by atoms with Crippen LogP contribution in [-0.4, -0.2) is 81.6 Å². The number of nitrogens with one attached hydrogen (secondary N) is 3. The van der Waals surface area contributed by atoms with Gasteiger partial charge >= 0.3 is 0 Å². The summed E-state index contributed by atoms with van der Waals surface area (Å²) in [7, 11) is 0. The summed E-state index contributed by atoms with van der Waals surface area (Å²) in [4.78, 5) is 53.6. The Morgan fingerprint density at radius 1 is 0.977 bits per heavy atom. The summed E-state index contributed by atoms with van der Waals surface area (Å²) in [5.74, 6) is -0.902. The van der Waals surface area contributed by atoms with Gasteiger partial charge in [0.2, 0.25) is 17.7 Å². The average Bonchev–Trinajstić information content (AvgIpc) is 3.44. The van der Waals surface area contributed by atoms with Gasteiger partial charge in [-0.15, -0.1) is 11.8 Å². The van der Waals surface area contributed by atoms with Crippen LogP contribution in [0.1, 0.15) is 43.1 Å². The second-order valence-electron chi connectivity index (χ2n) is 12.2. The summed E-state index contributed by atoms with van der Waals surface area (Å²) in [6, 6.07) is 19.7. The number of hydrogen-bond acceptors (Lipinski definition) is 7. The van der Waals surface area contributed by atoms with Crippen LogP contribution >= 0.6 is 11.8 Å². The van der Waals surface area contributed by atoms with Crippen LogP contribution in [0.4, 0.5) is 0 Å². The zero-order chi connectivity index (χ0) is 31.9. The molecule has 1 aliphatic rings. The number of aliphatic hydroxyl groups is 1. The Morgan fingerprint density at radius 2 is 1.66 bits per heavy atom. The van der Waals surface area contributed by atoms with Crippen molar-refractivity contribution < 1.29 is 24.3 Å². The Bertz CT molecular complexity index is 1480. The van der Waals surface area contributed by atoms with Gasteiger partial charge in [0, 0.05) is 29.3 Å². The summed E-state index contributed by atoms with van der Waals surface area (Å²) >= 11 is 1.60. The molecule has 4 atom stereocenters. The number of nitrogens with zero attached hydrogens (tertiary/aromatic N) is 1. The molecule has 10 nitrogen and oxygen atoms in total. The minimum Gasteiger partial charge on any atom is -0.390 e. The van der Waals surface area contributed by atoms with Crippen molar-refractivity contribution >= 4 is 46.2 Å². The molecule has 1 fully saturated rings. The molecule has 2 unspecified atom stereocenters. The van der Waals surface area contributed by atoms with Crippen LogP contribution in [0.15, 0.2) is 72.8 Å². The highest BCUT2D eigenvalue weighted by Crippen LogP contribution is 2.23. The van der Waals surface area contributed by atoms with Gasteiger partial charge in [0.05, 0.1) is 24.6 Å². The van der Waals surface area contributed by atoms with E-state index in [1.54, 1.807) is 23.9 Å². The Balaban J connectivity index is 1.50. The van der Waals surface area contributed by atoms with Crippen LogP contribution in [-0.2, 0) is 20.8 Å². The van der Waals surface area contributed by atoms with E-state index >= 15 is 0 Å². The molecule has 11 heteroatoms. The number of amides is 4. The first-order chi connectivity index (χ1) is 20.9. The molecule has 3 aromatic carbocycles. The summed E-state index contributed by atoms with van der Waals surface area (Å²) in [5.41, 5.74) is 6.27. The quantitative estimate of drug-likeness (QED) is 0.208. The van der Waals surface area contributed by atoms with Crippen LogP contribution < -0.4 is 21.7 Å². The smallest absolute Gasteiger partial charge is 0.251 e. The van der Waals surface area contributed by atoms with Gasteiger partial charge in [0.1, 0.15) is 6.04 Å². The predicted molar refractivity (Wildman–Crippen MR) is 173 cm³/mol. The minimum atomic E-state index is -1.26. The number of benzene rings is 3. The first-order valence-electron chi connectivity index (χ1n) is 14.6. The first kappa shape index (κ1) is 33.0. The van der Waals surface area contributed by atoms with Crippen molar-refractivity contribution in [3.05, 3.63) is 83.9 Å². The third-order valence-electron chi connectivity index (χ3n) is 7.33. The molecule has 1 aliphatic heterocycles. The lowest BCUT2D eigenvalue weighted by atomic mass is 9.99. The SMILES string of the molecule is CC(C)(C)NC(=O)[C@@H]1CSCN1CC(O)C(Cc1ccccc1)NC(=O)[C@H](CC(N)=O)NC(=O)c1ccc2ccccc2c1. The normalized spacial score (nSPS) is 17.4. The average molecular weight is 620 g/mol. The minimum absolute atomic E-state index is 0.115. The Kier molecular flexibility index (Phi) is 11.0. The zero-order valence-electron chi connectivity index (χ0n) is 25.3. The van der Waals surface area contributed by atoms with Gasteiger partial charge in [0.15, 0.2) is 0 Å². The number of hydrogen-bond donors (Lipinski definition) is 5. The highest BCUT2D eigenvalue weighted by atomic mass is 32.2. The van der Waals surface area contributed by atoms with Gasteiger partial charge in [-0.25, -0.2) is 0 Å². The van der Waals surface area contributed by atoms with Crippen molar-refractivity contribution in [2.45, 2.75) is 63.4 Å². The monoisotopic (exact) mass is 619 g/mol. The Labute approximate surface area is 262 Å². The molecule has 0 spiro atoms. The molecule has 1 heterocycles. The predicted octanol–water partition coefficient (Wildman–Crippen LogP) is 2.19. The second kappa shape index (κ2) is 14.7. The molecular weight excluding hydrogens is 578 g/mol. The van der Waals surface area contributed by atoms with E-state index in [9.17, 15) is 24.3 Å². The number of thioether (sulfide) groups is 1. The van der Waals surface area contributed by atoms with E-state index in [0.29, 0.717) is 17.2 Å². The van der Waals surface area contributed by atoms with Gasteiger partial charge in [-0.1, -0.05) is 60.7 Å². The van der Waals surface area contributed by atoms with E-state index in [1.807, 2.05) is 86.3 Å². The zero-order valence-corrected chi connectivity index (χ0v) is 26.1. The topological polar surface area (TPSA) is 154 Å². The third kappa shape index (κ3) is 9.28. The number of rotatable bonds is 12. The van der Waals surface area contributed by atoms with E-state index in [1.165, 1.54) is 0 Å². The van der Waals surface area contributed by atoms with E-state index < -0.39 is 53.9 Å². The molecule has 4 amide bonds. The molecule has 3 aromatic rings. The van der Waals surface area contributed by atoms with Crippen LogP contribution in [0.2, 0.25) is 0 Å². The Hall–Kier alpha value is -3.93. The molecule has 0 aromatic heterocycles. The van der Waals surface area contributed by atoms with Gasteiger partial charge in [-0.2, -0.15) is 0 Å². The summed E-state index contributed by atoms with van der Waals surface area (Å²) in [6.07, 6.45) is -1.19. The standard InChI is InChI=1S/C33H41N5O5S/c1-33(2,3)37-32(43)27-19-44-20-38(27)18-28(39)25(15-21-9-5-4-6-10-21)35-31(42)26(17-29(34)40)36-30(41)24-14-13-22-11-7-8-12-23(22)16-24/h4-14,16,25-28,39H,15,17-20H2,1-3H3,(H2,34,40)(H,35,42)(H,36,41)(H,37,43)/t25?,26-,27-,28?/m0/s1. The highest BCUT2D eigenvalue weighted by molar-refractivity contribution is 7.99. The number of carbonyl (C=O) groups is 4. The van der Waals surface area contributed by atoms with Crippen LogP contribution in [0, 0.1) is 0 Å². The van der Waals surface area contributed by atoms with E-state index in [2.05, 4.69) is 16.0 Å². The summed E-state index contributed by atoms with van der Waals surface area (Å²) in [6.45, 7) is 5.88. The summed E-state index contributed by atoms with van der Waals surface area (Å²) in [5, 5.41) is 21.8. The van der Waals surface area contributed by atoms with Crippen molar-refractivity contribution in [1.82, 2.24) is 20.9 Å². The summed E-state index contributed by atoms with van der Waals surface area (Å²) < 4.78 is 0. The van der Waals surface area contributed by atoms with E-state index in [-0.39, 0.29) is 18.9 Å². The molecule has 0 bridgehead atoms. The van der Waals surface area contributed by atoms with Crippen LogP contribution in [0.3, 0.4) is 0 Å². The molecular formula is C33H41N5O5S. The van der Waals surface area contributed by atoms with Crippen molar-refractivity contribution in [2.75, 3.05) is 18.2 Å². The van der Waals surface area contributed by atoms with Crippen molar-refractivity contribution in [3.8, 4) is 0 Å².